The lowest BCUT2D eigenvalue weighted by molar-refractivity contribution is -0.128. The van der Waals surface area contributed by atoms with E-state index in [1.165, 1.54) is 25.7 Å². The molecule has 2 rings (SSSR count). The summed E-state index contributed by atoms with van der Waals surface area (Å²) in [6.45, 7) is 12.8. The number of aliphatic imine (C=N–C) groups is 1. The van der Waals surface area contributed by atoms with Crippen molar-refractivity contribution in [3.8, 4) is 0 Å². The average molecular weight is 508 g/mol. The van der Waals surface area contributed by atoms with Gasteiger partial charge in [0.25, 0.3) is 0 Å². The Balaban J connectivity index is 0.00000392. The van der Waals surface area contributed by atoms with Crippen molar-refractivity contribution in [3.63, 3.8) is 0 Å². The van der Waals surface area contributed by atoms with Crippen molar-refractivity contribution in [1.82, 2.24) is 15.5 Å². The Morgan fingerprint density at radius 1 is 1.11 bits per heavy atom. The Kier molecular flexibility index (Phi) is 11.7. The number of rotatable bonds is 7. The Bertz CT molecular complexity index is 479. The van der Waals surface area contributed by atoms with Crippen LogP contribution in [0.3, 0.4) is 0 Å². The third kappa shape index (κ3) is 8.84. The first-order chi connectivity index (χ1) is 12.9. The molecule has 0 aromatic heterocycles. The number of hydrogen-bond acceptors (Lipinski definition) is 3. The fourth-order valence-electron chi connectivity index (χ4n) is 3.71. The summed E-state index contributed by atoms with van der Waals surface area (Å²) in [6.07, 6.45) is 7.99. The van der Waals surface area contributed by atoms with Gasteiger partial charge in [-0.25, -0.2) is 0 Å². The Morgan fingerprint density at radius 2 is 1.75 bits per heavy atom. The molecule has 2 fully saturated rings. The molecule has 6 nitrogen and oxygen atoms in total. The van der Waals surface area contributed by atoms with E-state index in [1.807, 2.05) is 20.8 Å². The first kappa shape index (κ1) is 25.5. The van der Waals surface area contributed by atoms with E-state index in [1.54, 1.807) is 0 Å². The van der Waals surface area contributed by atoms with Crippen LogP contribution < -0.4 is 10.6 Å². The molecule has 1 saturated carbocycles. The highest BCUT2D eigenvalue weighted by Crippen LogP contribution is 2.26. The zero-order chi connectivity index (χ0) is 19.7. The summed E-state index contributed by atoms with van der Waals surface area (Å²) in [5.74, 6) is 1.82. The van der Waals surface area contributed by atoms with Crippen LogP contribution in [0, 0.1) is 11.3 Å². The monoisotopic (exact) mass is 508 g/mol. The molecule has 28 heavy (non-hydrogen) atoms. The lowest BCUT2D eigenvalue weighted by Crippen LogP contribution is -2.47. The van der Waals surface area contributed by atoms with Crippen LogP contribution in [0.2, 0.25) is 0 Å². The van der Waals surface area contributed by atoms with E-state index in [4.69, 9.17) is 9.73 Å². The van der Waals surface area contributed by atoms with E-state index in [0.29, 0.717) is 19.2 Å². The summed E-state index contributed by atoms with van der Waals surface area (Å²) in [5.41, 5.74) is -0.353. The molecule has 0 atom stereocenters. The van der Waals surface area contributed by atoms with Gasteiger partial charge in [0.15, 0.2) is 5.96 Å². The van der Waals surface area contributed by atoms with Crippen molar-refractivity contribution in [3.05, 3.63) is 0 Å². The lowest BCUT2D eigenvalue weighted by atomic mass is 9.96. The van der Waals surface area contributed by atoms with Crippen LogP contribution in [0.5, 0.6) is 0 Å². The number of likely N-dealkylation sites (tertiary alicyclic amines) is 1. The van der Waals surface area contributed by atoms with Gasteiger partial charge in [-0.05, 0) is 38.5 Å². The Labute approximate surface area is 188 Å². The molecule has 1 heterocycles. The molecule has 1 amide bonds. The number of amides is 1. The van der Waals surface area contributed by atoms with Crippen LogP contribution in [0.25, 0.3) is 0 Å². The first-order valence-corrected chi connectivity index (χ1v) is 10.8. The second-order valence-corrected chi connectivity index (χ2v) is 8.91. The van der Waals surface area contributed by atoms with Crippen molar-refractivity contribution in [2.75, 3.05) is 39.3 Å². The molecule has 0 bridgehead atoms. The summed E-state index contributed by atoms with van der Waals surface area (Å²) in [4.78, 5) is 19.0. The van der Waals surface area contributed by atoms with Crippen LogP contribution in [0.4, 0.5) is 0 Å². The van der Waals surface area contributed by atoms with Crippen molar-refractivity contribution < 1.29 is 9.53 Å². The normalized spacial score (nSPS) is 19.4. The third-order valence-electron chi connectivity index (χ3n) is 5.46. The van der Waals surface area contributed by atoms with Crippen molar-refractivity contribution >= 4 is 35.8 Å². The first-order valence-electron chi connectivity index (χ1n) is 10.8. The van der Waals surface area contributed by atoms with Gasteiger partial charge >= 0.3 is 0 Å². The van der Waals surface area contributed by atoms with Crippen molar-refractivity contribution in [1.29, 1.82) is 0 Å². The largest absolute Gasteiger partial charge is 0.378 e. The molecular formula is C21H41IN4O2. The molecule has 2 N–H and O–H groups in total. The van der Waals surface area contributed by atoms with E-state index in [0.717, 1.165) is 51.0 Å². The van der Waals surface area contributed by atoms with E-state index in [2.05, 4.69) is 22.5 Å². The van der Waals surface area contributed by atoms with Gasteiger partial charge in [0.1, 0.15) is 0 Å². The summed E-state index contributed by atoms with van der Waals surface area (Å²) in [7, 11) is 0. The smallest absolute Gasteiger partial charge is 0.225 e. The van der Waals surface area contributed by atoms with Crippen LogP contribution in [-0.2, 0) is 9.53 Å². The SMILES string of the molecule is CCNC(=NCCNC(=O)C(C)(C)C)N1CCC(OCC2CCCC2)CC1.I. The molecule has 0 aromatic carbocycles. The van der Waals surface area contributed by atoms with Gasteiger partial charge in [0.2, 0.25) is 5.91 Å². The average Bonchev–Trinajstić information content (AvgIpc) is 3.15. The summed E-state index contributed by atoms with van der Waals surface area (Å²) < 4.78 is 6.18. The third-order valence-corrected chi connectivity index (χ3v) is 5.46. The lowest BCUT2D eigenvalue weighted by Gasteiger charge is -2.34. The number of carbonyl (C=O) groups is 1. The molecule has 0 spiro atoms. The van der Waals surface area contributed by atoms with Gasteiger partial charge in [0, 0.05) is 38.2 Å². The fourth-order valence-corrected chi connectivity index (χ4v) is 3.71. The minimum absolute atomic E-state index is 0. The number of guanidine groups is 1. The van der Waals surface area contributed by atoms with E-state index in [9.17, 15) is 4.79 Å². The van der Waals surface area contributed by atoms with Gasteiger partial charge in [-0.1, -0.05) is 33.6 Å². The second-order valence-electron chi connectivity index (χ2n) is 8.91. The molecule has 1 saturated heterocycles. The molecule has 7 heteroatoms. The number of halogens is 1. The van der Waals surface area contributed by atoms with Crippen molar-refractivity contribution in [2.45, 2.75) is 72.3 Å². The quantitative estimate of drug-likeness (QED) is 0.240. The van der Waals surface area contributed by atoms with Crippen LogP contribution in [0.15, 0.2) is 4.99 Å². The van der Waals surface area contributed by atoms with Gasteiger partial charge in [-0.3, -0.25) is 9.79 Å². The predicted octanol–water partition coefficient (Wildman–Crippen LogP) is 3.40. The minimum atomic E-state index is -0.353. The van der Waals surface area contributed by atoms with Crippen molar-refractivity contribution in [2.24, 2.45) is 16.3 Å². The summed E-state index contributed by atoms with van der Waals surface area (Å²) in [5, 5.41) is 6.35. The standard InChI is InChI=1S/C21H40N4O2.HI/c1-5-22-20(24-13-12-23-19(26)21(2,3)4)25-14-10-18(11-15-25)27-16-17-8-6-7-9-17;/h17-18H,5-16H2,1-4H3,(H,22,24)(H,23,26);1H. The van der Waals surface area contributed by atoms with Crippen LogP contribution in [0.1, 0.15) is 66.2 Å². The van der Waals surface area contributed by atoms with Crippen LogP contribution in [-0.4, -0.2) is 62.2 Å². The predicted molar refractivity (Wildman–Crippen MR) is 126 cm³/mol. The molecule has 0 unspecified atom stereocenters. The molecule has 2 aliphatic rings. The Hall–Kier alpha value is -0.570. The number of piperidine rings is 1. The van der Waals surface area contributed by atoms with E-state index >= 15 is 0 Å². The minimum Gasteiger partial charge on any atom is -0.378 e. The Morgan fingerprint density at radius 3 is 2.32 bits per heavy atom. The number of carbonyl (C=O) groups excluding carboxylic acids is 1. The number of ether oxygens (including phenoxy) is 1. The zero-order valence-electron chi connectivity index (χ0n) is 18.3. The fraction of sp³-hybridized carbons (Fsp3) is 0.905. The highest BCUT2D eigenvalue weighted by molar-refractivity contribution is 14.0. The number of hydrogen-bond donors (Lipinski definition) is 2. The van der Waals surface area contributed by atoms with E-state index in [-0.39, 0.29) is 35.3 Å². The molecule has 1 aliphatic carbocycles. The number of nitrogens with one attached hydrogen (secondary N) is 2. The second kappa shape index (κ2) is 12.9. The summed E-state index contributed by atoms with van der Waals surface area (Å²) in [6, 6.07) is 0. The molecule has 0 aromatic rings. The maximum atomic E-state index is 11.9. The molecule has 0 radical (unpaired) electrons. The maximum Gasteiger partial charge on any atom is 0.225 e. The van der Waals surface area contributed by atoms with Gasteiger partial charge in [-0.15, -0.1) is 24.0 Å². The summed E-state index contributed by atoms with van der Waals surface area (Å²) >= 11 is 0. The highest BCUT2D eigenvalue weighted by Gasteiger charge is 2.24. The van der Waals surface area contributed by atoms with Gasteiger partial charge in [0.05, 0.1) is 12.6 Å². The highest BCUT2D eigenvalue weighted by atomic mass is 127. The van der Waals surface area contributed by atoms with E-state index < -0.39 is 0 Å². The molecule has 164 valence electrons. The molecule has 1 aliphatic heterocycles. The van der Waals surface area contributed by atoms with Gasteiger partial charge in [-0.2, -0.15) is 0 Å². The molecular weight excluding hydrogens is 467 g/mol. The zero-order valence-corrected chi connectivity index (χ0v) is 20.6. The number of nitrogens with zero attached hydrogens (tertiary/aromatic N) is 2. The van der Waals surface area contributed by atoms with Crippen LogP contribution >= 0.6 is 24.0 Å². The van der Waals surface area contributed by atoms with Gasteiger partial charge < -0.3 is 20.3 Å². The maximum absolute atomic E-state index is 11.9. The topological polar surface area (TPSA) is 66.0 Å².